The van der Waals surface area contributed by atoms with E-state index in [2.05, 4.69) is 159 Å². The Hall–Kier alpha value is -4.94. The van der Waals surface area contributed by atoms with Crippen molar-refractivity contribution in [1.82, 2.24) is 0 Å². The normalized spacial score (nSPS) is 13.3. The minimum Gasteiger partial charge on any atom is -0.0622 e. The van der Waals surface area contributed by atoms with Crippen molar-refractivity contribution in [3.8, 4) is 44.5 Å². The Morgan fingerprint density at radius 2 is 0.854 bits per heavy atom. The van der Waals surface area contributed by atoms with Crippen molar-refractivity contribution in [2.75, 3.05) is 0 Å². The lowest BCUT2D eigenvalue weighted by Gasteiger charge is -2.24. The number of benzene rings is 7. The molecule has 1 aliphatic rings. The highest BCUT2D eigenvalue weighted by Gasteiger charge is 2.36. The summed E-state index contributed by atoms with van der Waals surface area (Å²) in [4.78, 5) is 0. The molecule has 0 aliphatic heterocycles. The Morgan fingerprint density at radius 3 is 1.51 bits per heavy atom. The maximum atomic E-state index is 2.51. The zero-order valence-corrected chi connectivity index (χ0v) is 23.4. The molecule has 41 heavy (non-hydrogen) atoms. The fourth-order valence-corrected chi connectivity index (χ4v) is 7.06. The molecule has 0 heterocycles. The van der Waals surface area contributed by atoms with Crippen molar-refractivity contribution in [2.45, 2.75) is 19.3 Å². The summed E-state index contributed by atoms with van der Waals surface area (Å²) in [6.45, 7) is 4.75. The number of fused-ring (bicyclic) bond motifs is 5. The smallest absolute Gasteiger partial charge is 0.0159 e. The lowest BCUT2D eigenvalue weighted by Crippen LogP contribution is -2.14. The van der Waals surface area contributed by atoms with E-state index in [9.17, 15) is 0 Å². The SMILES string of the molecule is CC1(C)c2ccccc2-c2cc3c(-c4ccccc4)c4ccc(-c5ccccc5)cc4c(-c4ccccc4)c3cc21. The summed E-state index contributed by atoms with van der Waals surface area (Å²) < 4.78 is 0. The molecular formula is C41H30. The average Bonchev–Trinajstić information content (AvgIpc) is 3.25. The second kappa shape index (κ2) is 9.04. The van der Waals surface area contributed by atoms with Crippen molar-refractivity contribution < 1.29 is 0 Å². The number of rotatable bonds is 3. The van der Waals surface area contributed by atoms with E-state index in [1.807, 2.05) is 0 Å². The lowest BCUT2D eigenvalue weighted by atomic mass is 9.79. The van der Waals surface area contributed by atoms with Crippen LogP contribution in [0, 0.1) is 0 Å². The van der Waals surface area contributed by atoms with E-state index >= 15 is 0 Å². The predicted molar refractivity (Wildman–Crippen MR) is 175 cm³/mol. The molecular weight excluding hydrogens is 492 g/mol. The van der Waals surface area contributed by atoms with Crippen molar-refractivity contribution in [3.05, 3.63) is 157 Å². The van der Waals surface area contributed by atoms with E-state index in [1.54, 1.807) is 0 Å². The van der Waals surface area contributed by atoms with Crippen LogP contribution in [0.15, 0.2) is 146 Å². The van der Waals surface area contributed by atoms with Gasteiger partial charge in [-0.05, 0) is 95.4 Å². The monoisotopic (exact) mass is 522 g/mol. The second-order valence-electron chi connectivity index (χ2n) is 11.7. The van der Waals surface area contributed by atoms with Crippen LogP contribution in [0.3, 0.4) is 0 Å². The van der Waals surface area contributed by atoms with Crippen LogP contribution in [0.25, 0.3) is 66.1 Å². The van der Waals surface area contributed by atoms with Crippen LogP contribution in [0.5, 0.6) is 0 Å². The molecule has 0 fully saturated rings. The molecule has 7 aromatic rings. The van der Waals surface area contributed by atoms with Gasteiger partial charge in [0.25, 0.3) is 0 Å². The van der Waals surface area contributed by atoms with Crippen LogP contribution in [-0.2, 0) is 5.41 Å². The van der Waals surface area contributed by atoms with Gasteiger partial charge in [0.2, 0.25) is 0 Å². The Balaban J connectivity index is 1.58. The standard InChI is InChI=1S/C41H30/c1-41(2)37-21-13-12-20-31(37)33-25-35-36(26-38(33)41)40(29-18-10-5-11-19-29)34-24-30(27-14-6-3-7-15-27)22-23-32(34)39(35)28-16-8-4-9-17-28/h3-26H,1-2H3. The van der Waals surface area contributed by atoms with E-state index in [1.165, 1.54) is 77.2 Å². The highest BCUT2D eigenvalue weighted by atomic mass is 14.4. The van der Waals surface area contributed by atoms with E-state index < -0.39 is 0 Å². The van der Waals surface area contributed by atoms with Gasteiger partial charge >= 0.3 is 0 Å². The van der Waals surface area contributed by atoms with Gasteiger partial charge in [0.15, 0.2) is 0 Å². The third-order valence-corrected chi connectivity index (χ3v) is 9.05. The first-order valence-corrected chi connectivity index (χ1v) is 14.5. The van der Waals surface area contributed by atoms with Crippen LogP contribution < -0.4 is 0 Å². The van der Waals surface area contributed by atoms with E-state index in [4.69, 9.17) is 0 Å². The van der Waals surface area contributed by atoms with E-state index in [0.717, 1.165) is 0 Å². The van der Waals surface area contributed by atoms with Crippen molar-refractivity contribution in [1.29, 1.82) is 0 Å². The average molecular weight is 523 g/mol. The molecule has 0 heteroatoms. The molecule has 1 aliphatic carbocycles. The number of hydrogen-bond acceptors (Lipinski definition) is 0. The molecule has 0 saturated heterocycles. The van der Waals surface area contributed by atoms with Crippen molar-refractivity contribution in [2.24, 2.45) is 0 Å². The van der Waals surface area contributed by atoms with Gasteiger partial charge in [-0.25, -0.2) is 0 Å². The molecule has 0 spiro atoms. The second-order valence-corrected chi connectivity index (χ2v) is 11.7. The third-order valence-electron chi connectivity index (χ3n) is 9.05. The summed E-state index contributed by atoms with van der Waals surface area (Å²) >= 11 is 0. The van der Waals surface area contributed by atoms with Gasteiger partial charge in [0.05, 0.1) is 0 Å². The molecule has 0 amide bonds. The zero-order chi connectivity index (χ0) is 27.6. The molecule has 0 aromatic heterocycles. The molecule has 7 aromatic carbocycles. The molecule has 0 bridgehead atoms. The first-order chi connectivity index (χ1) is 20.1. The molecule has 0 atom stereocenters. The molecule has 0 radical (unpaired) electrons. The van der Waals surface area contributed by atoms with E-state index in [0.29, 0.717) is 0 Å². The zero-order valence-electron chi connectivity index (χ0n) is 23.4. The molecule has 0 unspecified atom stereocenters. The first-order valence-electron chi connectivity index (χ1n) is 14.5. The van der Waals surface area contributed by atoms with Gasteiger partial charge in [-0.1, -0.05) is 141 Å². The third kappa shape index (κ3) is 3.61. The molecule has 194 valence electrons. The van der Waals surface area contributed by atoms with Gasteiger partial charge in [-0.15, -0.1) is 0 Å². The maximum Gasteiger partial charge on any atom is 0.0159 e. The summed E-state index contributed by atoms with van der Waals surface area (Å²) in [6.07, 6.45) is 0. The summed E-state index contributed by atoms with van der Waals surface area (Å²) in [5.41, 5.74) is 13.0. The Kier molecular flexibility index (Phi) is 5.27. The molecule has 0 N–H and O–H groups in total. The fourth-order valence-electron chi connectivity index (χ4n) is 7.06. The highest BCUT2D eigenvalue weighted by Crippen LogP contribution is 2.53. The van der Waals surface area contributed by atoms with Crippen molar-refractivity contribution >= 4 is 21.5 Å². The van der Waals surface area contributed by atoms with Crippen LogP contribution in [0.4, 0.5) is 0 Å². The van der Waals surface area contributed by atoms with Gasteiger partial charge in [-0.2, -0.15) is 0 Å². The van der Waals surface area contributed by atoms with Gasteiger partial charge < -0.3 is 0 Å². The minimum atomic E-state index is -0.0676. The molecule has 8 rings (SSSR count). The summed E-state index contributed by atoms with van der Waals surface area (Å²) in [6, 6.07) is 53.6. The highest BCUT2D eigenvalue weighted by molar-refractivity contribution is 6.23. The Labute approximate surface area is 241 Å². The largest absolute Gasteiger partial charge is 0.0622 e. The summed E-state index contributed by atoms with van der Waals surface area (Å²) in [7, 11) is 0. The fraction of sp³-hybridized carbons (Fsp3) is 0.0732. The Morgan fingerprint density at radius 1 is 0.341 bits per heavy atom. The van der Waals surface area contributed by atoms with Crippen LogP contribution in [0.1, 0.15) is 25.0 Å². The quantitative estimate of drug-likeness (QED) is 0.202. The first kappa shape index (κ1) is 23.9. The minimum absolute atomic E-state index is 0.0676. The van der Waals surface area contributed by atoms with Gasteiger partial charge in [-0.3, -0.25) is 0 Å². The molecule has 0 saturated carbocycles. The van der Waals surface area contributed by atoms with E-state index in [-0.39, 0.29) is 5.41 Å². The molecule has 0 nitrogen and oxygen atoms in total. The van der Waals surface area contributed by atoms with Crippen LogP contribution in [-0.4, -0.2) is 0 Å². The summed E-state index contributed by atoms with van der Waals surface area (Å²) in [5, 5.41) is 5.19. The number of hydrogen-bond donors (Lipinski definition) is 0. The topological polar surface area (TPSA) is 0 Å². The van der Waals surface area contributed by atoms with Gasteiger partial charge in [0, 0.05) is 5.41 Å². The maximum absolute atomic E-state index is 2.51. The van der Waals surface area contributed by atoms with Gasteiger partial charge in [0.1, 0.15) is 0 Å². The van der Waals surface area contributed by atoms with Crippen LogP contribution in [0.2, 0.25) is 0 Å². The summed E-state index contributed by atoms with van der Waals surface area (Å²) in [5.74, 6) is 0. The Bertz CT molecular complexity index is 2080. The van der Waals surface area contributed by atoms with Crippen LogP contribution >= 0.6 is 0 Å². The predicted octanol–water partition coefficient (Wildman–Crippen LogP) is 11.3. The lowest BCUT2D eigenvalue weighted by molar-refractivity contribution is 0.661. The van der Waals surface area contributed by atoms with Crippen molar-refractivity contribution in [3.63, 3.8) is 0 Å².